The Hall–Kier alpha value is 0.0600. The Labute approximate surface area is 133 Å². The first-order valence-corrected chi connectivity index (χ1v) is 10.9. The molecule has 0 saturated heterocycles. The van der Waals surface area contributed by atoms with Gasteiger partial charge in [-0.3, -0.25) is 0 Å². The van der Waals surface area contributed by atoms with E-state index in [-0.39, 0.29) is 6.10 Å². The maximum atomic E-state index is 11.7. The highest BCUT2D eigenvalue weighted by molar-refractivity contribution is 7.44. The van der Waals surface area contributed by atoms with Crippen LogP contribution in [0.3, 0.4) is 0 Å². The van der Waals surface area contributed by atoms with Gasteiger partial charge in [-0.05, 0) is 19.8 Å². The standard InChI is InChI=1S/C18H38O2P/c1-3-4-5-6-7-8-9-10-11-12-13-14-16-21(20)17-15-18(2)19/h18-19H,3-17H2,1-2H3/q+1. The van der Waals surface area contributed by atoms with Crippen molar-refractivity contribution in [2.75, 3.05) is 12.3 Å². The van der Waals surface area contributed by atoms with Gasteiger partial charge in [0.05, 0.1) is 6.10 Å². The summed E-state index contributed by atoms with van der Waals surface area (Å²) in [5.41, 5.74) is 0. The van der Waals surface area contributed by atoms with Crippen molar-refractivity contribution in [2.24, 2.45) is 0 Å². The quantitative estimate of drug-likeness (QED) is 0.268. The van der Waals surface area contributed by atoms with Gasteiger partial charge < -0.3 is 5.11 Å². The van der Waals surface area contributed by atoms with E-state index in [1.54, 1.807) is 6.92 Å². The summed E-state index contributed by atoms with van der Waals surface area (Å²) in [6.45, 7) is 4.04. The minimum atomic E-state index is -1.06. The summed E-state index contributed by atoms with van der Waals surface area (Å²) in [5, 5.41) is 9.15. The first-order chi connectivity index (χ1) is 10.2. The fourth-order valence-electron chi connectivity index (χ4n) is 2.57. The molecular formula is C18H38O2P+. The minimum absolute atomic E-state index is 0.300. The molecule has 0 heterocycles. The first-order valence-electron chi connectivity index (χ1n) is 9.27. The van der Waals surface area contributed by atoms with E-state index >= 15 is 0 Å². The van der Waals surface area contributed by atoms with E-state index in [9.17, 15) is 4.57 Å². The van der Waals surface area contributed by atoms with Gasteiger partial charge in [-0.2, -0.15) is 0 Å². The van der Waals surface area contributed by atoms with E-state index in [1.165, 1.54) is 70.6 Å². The molecular weight excluding hydrogens is 279 g/mol. The summed E-state index contributed by atoms with van der Waals surface area (Å²) in [6.07, 6.45) is 18.1. The zero-order valence-corrected chi connectivity index (χ0v) is 15.4. The Morgan fingerprint density at radius 1 is 0.762 bits per heavy atom. The second-order valence-corrected chi connectivity index (χ2v) is 8.31. The van der Waals surface area contributed by atoms with Crippen LogP contribution in [0.5, 0.6) is 0 Å². The van der Waals surface area contributed by atoms with E-state index in [0.29, 0.717) is 12.6 Å². The van der Waals surface area contributed by atoms with Crippen LogP contribution in [0.1, 0.15) is 97.3 Å². The van der Waals surface area contributed by atoms with Crippen LogP contribution in [0.15, 0.2) is 0 Å². The number of hydrogen-bond acceptors (Lipinski definition) is 2. The monoisotopic (exact) mass is 317 g/mol. The zero-order valence-electron chi connectivity index (χ0n) is 14.5. The van der Waals surface area contributed by atoms with Crippen LogP contribution < -0.4 is 0 Å². The predicted octanol–water partition coefficient (Wildman–Crippen LogP) is 6.29. The third-order valence-corrected chi connectivity index (χ3v) is 5.63. The molecule has 0 bridgehead atoms. The molecule has 0 spiro atoms. The van der Waals surface area contributed by atoms with Crippen LogP contribution in [-0.2, 0) is 4.57 Å². The second-order valence-electron chi connectivity index (χ2n) is 6.46. The molecule has 126 valence electrons. The second kappa shape index (κ2) is 16.4. The zero-order chi connectivity index (χ0) is 15.8. The number of aliphatic hydroxyl groups excluding tert-OH is 1. The average Bonchev–Trinajstić information content (AvgIpc) is 2.46. The molecule has 0 aliphatic carbocycles. The average molecular weight is 317 g/mol. The van der Waals surface area contributed by atoms with Crippen molar-refractivity contribution in [3.8, 4) is 0 Å². The smallest absolute Gasteiger partial charge is 0.338 e. The minimum Gasteiger partial charge on any atom is -0.393 e. The van der Waals surface area contributed by atoms with Gasteiger partial charge in [-0.25, -0.2) is 0 Å². The molecule has 0 radical (unpaired) electrons. The molecule has 21 heavy (non-hydrogen) atoms. The highest BCUT2D eigenvalue weighted by Gasteiger charge is 2.14. The lowest BCUT2D eigenvalue weighted by atomic mass is 10.1. The molecule has 0 aliphatic heterocycles. The van der Waals surface area contributed by atoms with Crippen molar-refractivity contribution in [3.63, 3.8) is 0 Å². The molecule has 2 atom stereocenters. The molecule has 0 rings (SSSR count). The van der Waals surface area contributed by atoms with E-state index in [0.717, 1.165) is 12.6 Å². The van der Waals surface area contributed by atoms with Crippen LogP contribution in [0, 0.1) is 0 Å². The summed E-state index contributed by atoms with van der Waals surface area (Å²) in [7, 11) is -1.06. The molecule has 1 N–H and O–H groups in total. The van der Waals surface area contributed by atoms with Gasteiger partial charge in [0.2, 0.25) is 0 Å². The van der Waals surface area contributed by atoms with Crippen molar-refractivity contribution in [2.45, 2.75) is 103 Å². The van der Waals surface area contributed by atoms with Gasteiger partial charge in [0.25, 0.3) is 0 Å². The van der Waals surface area contributed by atoms with Crippen molar-refractivity contribution in [1.29, 1.82) is 0 Å². The maximum absolute atomic E-state index is 11.7. The summed E-state index contributed by atoms with van der Waals surface area (Å²) >= 11 is 0. The molecule has 0 saturated carbocycles. The van der Waals surface area contributed by atoms with Crippen molar-refractivity contribution in [3.05, 3.63) is 0 Å². The lowest BCUT2D eigenvalue weighted by Crippen LogP contribution is -2.00. The Morgan fingerprint density at radius 3 is 1.62 bits per heavy atom. The van der Waals surface area contributed by atoms with Crippen LogP contribution in [-0.4, -0.2) is 23.5 Å². The number of rotatable bonds is 16. The summed E-state index contributed by atoms with van der Waals surface area (Å²) in [5.74, 6) is 0. The summed E-state index contributed by atoms with van der Waals surface area (Å²) in [6, 6.07) is 0. The van der Waals surface area contributed by atoms with Gasteiger partial charge in [0.15, 0.2) is 0 Å². The fourth-order valence-corrected chi connectivity index (χ4v) is 4.03. The van der Waals surface area contributed by atoms with E-state index in [1.807, 2.05) is 0 Å². The van der Waals surface area contributed by atoms with E-state index < -0.39 is 7.80 Å². The highest BCUT2D eigenvalue weighted by Crippen LogP contribution is 2.24. The van der Waals surface area contributed by atoms with Gasteiger partial charge in [0.1, 0.15) is 12.3 Å². The Morgan fingerprint density at radius 2 is 1.19 bits per heavy atom. The van der Waals surface area contributed by atoms with Crippen LogP contribution in [0.25, 0.3) is 0 Å². The Kier molecular flexibility index (Phi) is 16.5. The molecule has 0 amide bonds. The Bertz CT molecular complexity index is 229. The molecule has 0 aromatic heterocycles. The van der Waals surface area contributed by atoms with Crippen LogP contribution in [0.2, 0.25) is 0 Å². The third kappa shape index (κ3) is 18.0. The molecule has 0 aromatic carbocycles. The lowest BCUT2D eigenvalue weighted by Gasteiger charge is -2.01. The fraction of sp³-hybridized carbons (Fsp3) is 1.00. The largest absolute Gasteiger partial charge is 0.393 e. The number of aliphatic hydroxyl groups is 1. The van der Waals surface area contributed by atoms with Crippen molar-refractivity contribution in [1.82, 2.24) is 0 Å². The van der Waals surface area contributed by atoms with Crippen molar-refractivity contribution < 1.29 is 9.67 Å². The summed E-state index contributed by atoms with van der Waals surface area (Å²) in [4.78, 5) is 0. The SMILES string of the molecule is CCCCCCCCCCCCCC[P+](=O)CCC(C)O. The van der Waals surface area contributed by atoms with Crippen LogP contribution >= 0.6 is 7.80 Å². The van der Waals surface area contributed by atoms with Gasteiger partial charge >= 0.3 is 7.80 Å². The topological polar surface area (TPSA) is 37.3 Å². The van der Waals surface area contributed by atoms with Gasteiger partial charge in [-0.1, -0.05) is 75.7 Å². The van der Waals surface area contributed by atoms with Gasteiger partial charge in [-0.15, -0.1) is 0 Å². The maximum Gasteiger partial charge on any atom is 0.338 e. The lowest BCUT2D eigenvalue weighted by molar-refractivity contribution is 0.191. The van der Waals surface area contributed by atoms with E-state index in [4.69, 9.17) is 5.11 Å². The Balaban J connectivity index is 3.10. The number of unbranched alkanes of at least 4 members (excludes halogenated alkanes) is 11. The van der Waals surface area contributed by atoms with Crippen LogP contribution in [0.4, 0.5) is 0 Å². The van der Waals surface area contributed by atoms with E-state index in [2.05, 4.69) is 6.92 Å². The highest BCUT2D eigenvalue weighted by atomic mass is 31.1. The normalized spacial score (nSPS) is 13.4. The molecule has 2 unspecified atom stereocenters. The first kappa shape index (κ1) is 21.1. The van der Waals surface area contributed by atoms with Crippen molar-refractivity contribution >= 4 is 7.80 Å². The molecule has 2 nitrogen and oxygen atoms in total. The molecule has 3 heteroatoms. The molecule has 0 aromatic rings. The number of hydrogen-bond donors (Lipinski definition) is 1. The molecule has 0 fully saturated rings. The molecule has 0 aliphatic rings. The van der Waals surface area contributed by atoms with Gasteiger partial charge in [0, 0.05) is 6.42 Å². The summed E-state index contributed by atoms with van der Waals surface area (Å²) < 4.78 is 11.7. The predicted molar refractivity (Wildman–Crippen MR) is 94.7 cm³/mol. The third-order valence-electron chi connectivity index (χ3n) is 4.06.